The molecule has 1 aliphatic rings. The quantitative estimate of drug-likeness (QED) is 0.769. The minimum atomic E-state index is 0.343. The summed E-state index contributed by atoms with van der Waals surface area (Å²) in [5, 5.41) is 4.36. The maximum Gasteiger partial charge on any atom is 0.0441 e. The van der Waals surface area contributed by atoms with Gasteiger partial charge in [0.1, 0.15) is 0 Å². The van der Waals surface area contributed by atoms with Gasteiger partial charge in [-0.25, -0.2) is 0 Å². The number of hydrogen-bond donors (Lipinski definition) is 1. The lowest BCUT2D eigenvalue weighted by molar-refractivity contribution is 0.214. The summed E-state index contributed by atoms with van der Waals surface area (Å²) in [6.45, 7) is 6.83. The van der Waals surface area contributed by atoms with Crippen LogP contribution in [0.4, 0.5) is 0 Å². The number of rotatable bonds is 1. The molecule has 1 unspecified atom stereocenters. The molecule has 1 aromatic rings. The molecule has 1 atom stereocenters. The Morgan fingerprint density at radius 2 is 2.07 bits per heavy atom. The van der Waals surface area contributed by atoms with Crippen LogP contribution in [0.1, 0.15) is 31.7 Å². The number of hydrogen-bond acceptors (Lipinski definition) is 1. The molecule has 1 fully saturated rings. The Kier molecular flexibility index (Phi) is 3.03. The van der Waals surface area contributed by atoms with E-state index >= 15 is 0 Å². The molecule has 0 spiro atoms. The van der Waals surface area contributed by atoms with Crippen LogP contribution >= 0.6 is 11.6 Å². The highest BCUT2D eigenvalue weighted by atomic mass is 35.5. The van der Waals surface area contributed by atoms with Crippen molar-refractivity contribution in [3.63, 3.8) is 0 Å². The van der Waals surface area contributed by atoms with Gasteiger partial charge >= 0.3 is 0 Å². The molecule has 1 aromatic carbocycles. The van der Waals surface area contributed by atoms with Gasteiger partial charge in [0.05, 0.1) is 0 Å². The van der Waals surface area contributed by atoms with Crippen molar-refractivity contribution in [3.8, 4) is 0 Å². The van der Waals surface area contributed by atoms with Crippen LogP contribution in [0, 0.1) is 5.41 Å². The summed E-state index contributed by atoms with van der Waals surface area (Å²) in [7, 11) is 0. The highest BCUT2D eigenvalue weighted by Crippen LogP contribution is 2.42. The first-order chi connectivity index (χ1) is 7.11. The molecule has 0 saturated carbocycles. The van der Waals surface area contributed by atoms with Crippen LogP contribution in [-0.4, -0.2) is 13.1 Å². The SMILES string of the molecule is CC1(C)CCNCC1c1ccccc1Cl. The zero-order valence-electron chi connectivity index (χ0n) is 9.39. The van der Waals surface area contributed by atoms with Crippen LogP contribution in [0.15, 0.2) is 24.3 Å². The summed E-state index contributed by atoms with van der Waals surface area (Å²) >= 11 is 6.26. The molecule has 82 valence electrons. The third kappa shape index (κ3) is 2.19. The van der Waals surface area contributed by atoms with Crippen molar-refractivity contribution in [3.05, 3.63) is 34.9 Å². The topological polar surface area (TPSA) is 12.0 Å². The highest BCUT2D eigenvalue weighted by Gasteiger charge is 2.33. The van der Waals surface area contributed by atoms with E-state index in [9.17, 15) is 0 Å². The normalized spacial score (nSPS) is 25.1. The van der Waals surface area contributed by atoms with Crippen LogP contribution in [0.5, 0.6) is 0 Å². The average molecular weight is 224 g/mol. The van der Waals surface area contributed by atoms with Crippen LogP contribution in [0.2, 0.25) is 5.02 Å². The van der Waals surface area contributed by atoms with Crippen molar-refractivity contribution in [1.82, 2.24) is 5.32 Å². The lowest BCUT2D eigenvalue weighted by Gasteiger charge is -2.39. The molecule has 1 aliphatic heterocycles. The molecule has 0 aliphatic carbocycles. The van der Waals surface area contributed by atoms with E-state index in [0.717, 1.165) is 18.1 Å². The molecule has 2 heteroatoms. The van der Waals surface area contributed by atoms with E-state index < -0.39 is 0 Å². The summed E-state index contributed by atoms with van der Waals surface area (Å²) in [6.07, 6.45) is 1.21. The summed E-state index contributed by atoms with van der Waals surface area (Å²) in [5.41, 5.74) is 1.63. The predicted octanol–water partition coefficient (Wildman–Crippen LogP) is 3.44. The first kappa shape index (κ1) is 11.0. The largest absolute Gasteiger partial charge is 0.316 e. The van der Waals surface area contributed by atoms with Gasteiger partial charge in [-0.1, -0.05) is 43.6 Å². The summed E-state index contributed by atoms with van der Waals surface area (Å²) in [4.78, 5) is 0. The Balaban J connectivity index is 2.33. The number of piperidine rings is 1. The molecule has 1 N–H and O–H groups in total. The maximum atomic E-state index is 6.26. The van der Waals surface area contributed by atoms with Crippen molar-refractivity contribution in [2.24, 2.45) is 5.41 Å². The van der Waals surface area contributed by atoms with E-state index in [1.807, 2.05) is 12.1 Å². The van der Waals surface area contributed by atoms with Gasteiger partial charge in [0.2, 0.25) is 0 Å². The molecule has 1 heterocycles. The van der Waals surface area contributed by atoms with E-state index in [4.69, 9.17) is 11.6 Å². The molecule has 2 rings (SSSR count). The van der Waals surface area contributed by atoms with E-state index in [-0.39, 0.29) is 0 Å². The second kappa shape index (κ2) is 4.15. The van der Waals surface area contributed by atoms with Crippen LogP contribution < -0.4 is 5.32 Å². The van der Waals surface area contributed by atoms with Gasteiger partial charge in [-0.2, -0.15) is 0 Å². The Bertz CT molecular complexity index is 346. The molecular weight excluding hydrogens is 206 g/mol. The lowest BCUT2D eigenvalue weighted by atomic mass is 9.71. The van der Waals surface area contributed by atoms with Crippen LogP contribution in [-0.2, 0) is 0 Å². The zero-order valence-corrected chi connectivity index (χ0v) is 10.1. The van der Waals surface area contributed by atoms with E-state index in [1.54, 1.807) is 0 Å². The van der Waals surface area contributed by atoms with Gasteiger partial charge in [0.15, 0.2) is 0 Å². The third-order valence-corrected chi connectivity index (χ3v) is 3.86. The second-order valence-electron chi connectivity index (χ2n) is 5.02. The molecule has 15 heavy (non-hydrogen) atoms. The van der Waals surface area contributed by atoms with Crippen molar-refractivity contribution in [2.45, 2.75) is 26.2 Å². The number of benzene rings is 1. The predicted molar refractivity (Wildman–Crippen MR) is 65.5 cm³/mol. The fraction of sp³-hybridized carbons (Fsp3) is 0.538. The Labute approximate surface area is 96.8 Å². The van der Waals surface area contributed by atoms with Gasteiger partial charge in [0.25, 0.3) is 0 Å². The average Bonchev–Trinajstić information content (AvgIpc) is 2.19. The van der Waals surface area contributed by atoms with Gasteiger partial charge in [-0.05, 0) is 30.0 Å². The highest BCUT2D eigenvalue weighted by molar-refractivity contribution is 6.31. The van der Waals surface area contributed by atoms with Gasteiger partial charge in [-0.3, -0.25) is 0 Å². The monoisotopic (exact) mass is 223 g/mol. The molecule has 1 saturated heterocycles. The fourth-order valence-corrected chi connectivity index (χ4v) is 2.66. The van der Waals surface area contributed by atoms with Gasteiger partial charge in [0, 0.05) is 17.5 Å². The zero-order chi connectivity index (χ0) is 10.9. The Hall–Kier alpha value is -0.530. The molecule has 0 aromatic heterocycles. The van der Waals surface area contributed by atoms with Crippen LogP contribution in [0.3, 0.4) is 0 Å². The third-order valence-electron chi connectivity index (χ3n) is 3.52. The molecule has 0 bridgehead atoms. The molecule has 1 nitrogen and oxygen atoms in total. The second-order valence-corrected chi connectivity index (χ2v) is 5.42. The summed E-state index contributed by atoms with van der Waals surface area (Å²) < 4.78 is 0. The standard InChI is InChI=1S/C13H18ClN/c1-13(2)7-8-15-9-11(13)10-5-3-4-6-12(10)14/h3-6,11,15H,7-9H2,1-2H3. The molecular formula is C13H18ClN. The molecule has 0 radical (unpaired) electrons. The molecule has 0 amide bonds. The fourth-order valence-electron chi connectivity index (χ4n) is 2.40. The van der Waals surface area contributed by atoms with Crippen molar-refractivity contribution < 1.29 is 0 Å². The maximum absolute atomic E-state index is 6.26. The van der Waals surface area contributed by atoms with Gasteiger partial charge < -0.3 is 5.32 Å². The van der Waals surface area contributed by atoms with Crippen molar-refractivity contribution in [2.75, 3.05) is 13.1 Å². The van der Waals surface area contributed by atoms with E-state index in [2.05, 4.69) is 31.3 Å². The smallest absolute Gasteiger partial charge is 0.0441 e. The minimum absolute atomic E-state index is 0.343. The Morgan fingerprint density at radius 3 is 2.73 bits per heavy atom. The lowest BCUT2D eigenvalue weighted by Crippen LogP contribution is -2.40. The van der Waals surface area contributed by atoms with Crippen molar-refractivity contribution >= 4 is 11.6 Å². The first-order valence-corrected chi connectivity index (χ1v) is 5.94. The van der Waals surface area contributed by atoms with Crippen molar-refractivity contribution in [1.29, 1.82) is 0 Å². The number of nitrogens with one attached hydrogen (secondary N) is 1. The number of halogens is 1. The Morgan fingerprint density at radius 1 is 1.33 bits per heavy atom. The van der Waals surface area contributed by atoms with E-state index in [0.29, 0.717) is 11.3 Å². The summed E-state index contributed by atoms with van der Waals surface area (Å²) in [6, 6.07) is 8.21. The summed E-state index contributed by atoms with van der Waals surface area (Å²) in [5.74, 6) is 0.528. The first-order valence-electron chi connectivity index (χ1n) is 5.56. The van der Waals surface area contributed by atoms with E-state index in [1.165, 1.54) is 12.0 Å². The van der Waals surface area contributed by atoms with Crippen LogP contribution in [0.25, 0.3) is 0 Å². The van der Waals surface area contributed by atoms with Gasteiger partial charge in [-0.15, -0.1) is 0 Å². The minimum Gasteiger partial charge on any atom is -0.316 e.